The first-order valence-electron chi connectivity index (χ1n) is 8.03. The van der Waals surface area contributed by atoms with Crippen molar-refractivity contribution < 1.29 is 13.6 Å². The second-order valence-corrected chi connectivity index (χ2v) is 6.26. The summed E-state index contributed by atoms with van der Waals surface area (Å²) >= 11 is 0. The molecule has 1 saturated heterocycles. The van der Waals surface area contributed by atoms with E-state index in [1.165, 1.54) is 6.20 Å². The van der Waals surface area contributed by atoms with Gasteiger partial charge in [0.15, 0.2) is 0 Å². The normalized spacial score (nSPS) is 21.3. The number of likely N-dealkylation sites (tertiary alicyclic amines) is 1. The fourth-order valence-electron chi connectivity index (χ4n) is 2.95. The predicted molar refractivity (Wildman–Crippen MR) is 85.3 cm³/mol. The molecule has 0 saturated carbocycles. The standard InChI is InChI=1S/C16H22FN5O2/c1-9-10(2)24-15(20-9)8-22-7-12(17)4-13(22)5-19-16(23)14-6-18-11(3)21-14/h6,12-13H,4-5,7-8H2,1-3H3,(H,18,21)(H,19,23)/t12-,13-/m0/s1. The van der Waals surface area contributed by atoms with Gasteiger partial charge >= 0.3 is 0 Å². The molecule has 1 fully saturated rings. The highest BCUT2D eigenvalue weighted by molar-refractivity contribution is 5.92. The summed E-state index contributed by atoms with van der Waals surface area (Å²) in [5.41, 5.74) is 1.26. The summed E-state index contributed by atoms with van der Waals surface area (Å²) in [5, 5.41) is 2.84. The van der Waals surface area contributed by atoms with Gasteiger partial charge in [0, 0.05) is 19.1 Å². The molecule has 0 bridgehead atoms. The Morgan fingerprint density at radius 3 is 2.92 bits per heavy atom. The number of rotatable bonds is 5. The molecule has 8 heteroatoms. The first-order chi connectivity index (χ1) is 11.4. The van der Waals surface area contributed by atoms with E-state index in [2.05, 4.69) is 20.3 Å². The fraction of sp³-hybridized carbons (Fsp3) is 0.562. The van der Waals surface area contributed by atoms with Crippen LogP contribution in [0.1, 0.15) is 40.1 Å². The minimum Gasteiger partial charge on any atom is -0.444 e. The lowest BCUT2D eigenvalue weighted by Gasteiger charge is -2.22. The number of hydrogen-bond donors (Lipinski definition) is 2. The first-order valence-corrected chi connectivity index (χ1v) is 8.03. The number of carbonyl (C=O) groups excluding carboxylic acids is 1. The molecule has 1 aliphatic heterocycles. The van der Waals surface area contributed by atoms with Crippen molar-refractivity contribution in [3.05, 3.63) is 35.1 Å². The highest BCUT2D eigenvalue weighted by atomic mass is 19.1. The van der Waals surface area contributed by atoms with E-state index in [-0.39, 0.29) is 11.9 Å². The zero-order valence-corrected chi connectivity index (χ0v) is 14.1. The summed E-state index contributed by atoms with van der Waals surface area (Å²) < 4.78 is 19.4. The molecular formula is C16H22FN5O2. The van der Waals surface area contributed by atoms with Gasteiger partial charge in [-0.3, -0.25) is 9.69 Å². The van der Waals surface area contributed by atoms with Gasteiger partial charge in [0.05, 0.1) is 18.4 Å². The third kappa shape index (κ3) is 3.64. The number of nitrogens with zero attached hydrogens (tertiary/aromatic N) is 3. The van der Waals surface area contributed by atoms with Crippen LogP contribution in [-0.4, -0.2) is 51.1 Å². The number of amides is 1. The van der Waals surface area contributed by atoms with Crippen LogP contribution in [0.15, 0.2) is 10.6 Å². The van der Waals surface area contributed by atoms with E-state index in [0.29, 0.717) is 43.5 Å². The Kier molecular flexibility index (Phi) is 4.66. The Labute approximate surface area is 139 Å². The molecule has 1 aliphatic rings. The summed E-state index contributed by atoms with van der Waals surface area (Å²) in [5.74, 6) is 1.81. The summed E-state index contributed by atoms with van der Waals surface area (Å²) in [6.07, 6.45) is 0.979. The molecule has 2 N–H and O–H groups in total. The van der Waals surface area contributed by atoms with Crippen molar-refractivity contribution in [3.8, 4) is 0 Å². The van der Waals surface area contributed by atoms with Crippen LogP contribution >= 0.6 is 0 Å². The zero-order valence-electron chi connectivity index (χ0n) is 14.1. The van der Waals surface area contributed by atoms with Gasteiger partial charge in [0.1, 0.15) is 23.5 Å². The van der Waals surface area contributed by atoms with E-state index in [0.717, 1.165) is 11.5 Å². The number of hydrogen-bond acceptors (Lipinski definition) is 5. The van der Waals surface area contributed by atoms with Crippen LogP contribution in [0.4, 0.5) is 4.39 Å². The highest BCUT2D eigenvalue weighted by Gasteiger charge is 2.33. The van der Waals surface area contributed by atoms with Crippen molar-refractivity contribution in [1.29, 1.82) is 0 Å². The molecule has 1 amide bonds. The van der Waals surface area contributed by atoms with Crippen molar-refractivity contribution in [2.75, 3.05) is 13.1 Å². The largest absolute Gasteiger partial charge is 0.444 e. The number of oxazole rings is 1. The molecule has 2 aromatic heterocycles. The SMILES string of the molecule is Cc1ncc(C(=O)NC[C@@H]2C[C@H](F)CN2Cc2nc(C)c(C)o2)[nH]1. The minimum atomic E-state index is -0.904. The number of aromatic nitrogens is 3. The van der Waals surface area contributed by atoms with E-state index in [1.807, 2.05) is 18.7 Å². The number of imidazole rings is 1. The van der Waals surface area contributed by atoms with Gasteiger partial charge in [0.2, 0.25) is 5.89 Å². The summed E-state index contributed by atoms with van der Waals surface area (Å²) in [7, 11) is 0. The van der Waals surface area contributed by atoms with Gasteiger partial charge in [-0.05, 0) is 27.2 Å². The monoisotopic (exact) mass is 335 g/mol. The van der Waals surface area contributed by atoms with Gasteiger partial charge in [-0.15, -0.1) is 0 Å². The maximum Gasteiger partial charge on any atom is 0.269 e. The van der Waals surface area contributed by atoms with E-state index < -0.39 is 6.17 Å². The molecule has 130 valence electrons. The average Bonchev–Trinajstić information content (AvgIpc) is 3.18. The molecule has 3 heterocycles. The lowest BCUT2D eigenvalue weighted by molar-refractivity contribution is 0.0934. The molecule has 2 aromatic rings. The Hall–Kier alpha value is -2.22. The molecule has 0 aromatic carbocycles. The molecule has 0 spiro atoms. The second kappa shape index (κ2) is 6.72. The van der Waals surface area contributed by atoms with E-state index in [1.54, 1.807) is 6.92 Å². The molecular weight excluding hydrogens is 313 g/mol. The van der Waals surface area contributed by atoms with Crippen LogP contribution in [0.25, 0.3) is 0 Å². The molecule has 24 heavy (non-hydrogen) atoms. The molecule has 0 unspecified atom stereocenters. The summed E-state index contributed by atoms with van der Waals surface area (Å²) in [6.45, 7) is 6.66. The topological polar surface area (TPSA) is 87.1 Å². The summed E-state index contributed by atoms with van der Waals surface area (Å²) in [6, 6.07) is -0.0829. The molecule has 2 atom stereocenters. The van der Waals surface area contributed by atoms with Gasteiger partial charge in [-0.2, -0.15) is 0 Å². The van der Waals surface area contributed by atoms with Gasteiger partial charge < -0.3 is 14.7 Å². The van der Waals surface area contributed by atoms with Crippen molar-refractivity contribution >= 4 is 5.91 Å². The fourth-order valence-corrected chi connectivity index (χ4v) is 2.95. The first kappa shape index (κ1) is 16.6. The van der Waals surface area contributed by atoms with E-state index >= 15 is 0 Å². The maximum atomic E-state index is 13.8. The smallest absolute Gasteiger partial charge is 0.269 e. The Morgan fingerprint density at radius 1 is 1.50 bits per heavy atom. The molecule has 0 aliphatic carbocycles. The number of aromatic amines is 1. The molecule has 7 nitrogen and oxygen atoms in total. The molecule has 0 radical (unpaired) electrons. The van der Waals surface area contributed by atoms with E-state index in [9.17, 15) is 9.18 Å². The van der Waals surface area contributed by atoms with Crippen LogP contribution in [0.2, 0.25) is 0 Å². The Morgan fingerprint density at radius 2 is 2.29 bits per heavy atom. The van der Waals surface area contributed by atoms with Crippen LogP contribution in [0.3, 0.4) is 0 Å². The minimum absolute atomic E-state index is 0.0829. The number of alkyl halides is 1. The van der Waals surface area contributed by atoms with Crippen molar-refractivity contribution in [3.63, 3.8) is 0 Å². The number of H-pyrrole nitrogens is 1. The third-order valence-corrected chi connectivity index (χ3v) is 4.33. The number of nitrogens with one attached hydrogen (secondary N) is 2. The average molecular weight is 335 g/mol. The second-order valence-electron chi connectivity index (χ2n) is 6.26. The van der Waals surface area contributed by atoms with Crippen LogP contribution in [-0.2, 0) is 6.54 Å². The Balaban J connectivity index is 1.59. The summed E-state index contributed by atoms with van der Waals surface area (Å²) in [4.78, 5) is 25.3. The quantitative estimate of drug-likeness (QED) is 0.868. The van der Waals surface area contributed by atoms with Crippen molar-refractivity contribution in [1.82, 2.24) is 25.2 Å². The van der Waals surface area contributed by atoms with Crippen molar-refractivity contribution in [2.24, 2.45) is 0 Å². The lowest BCUT2D eigenvalue weighted by atomic mass is 10.2. The van der Waals surface area contributed by atoms with Gasteiger partial charge in [-0.25, -0.2) is 14.4 Å². The number of halogens is 1. The molecule has 3 rings (SSSR count). The van der Waals surface area contributed by atoms with Crippen molar-refractivity contribution in [2.45, 2.75) is 46.0 Å². The van der Waals surface area contributed by atoms with Crippen LogP contribution < -0.4 is 5.32 Å². The zero-order chi connectivity index (χ0) is 17.3. The number of carbonyl (C=O) groups is 1. The van der Waals surface area contributed by atoms with E-state index in [4.69, 9.17) is 4.42 Å². The Bertz CT molecular complexity index is 706. The van der Waals surface area contributed by atoms with Gasteiger partial charge in [0.25, 0.3) is 5.91 Å². The maximum absolute atomic E-state index is 13.8. The third-order valence-electron chi connectivity index (χ3n) is 4.33. The predicted octanol–water partition coefficient (Wildman–Crippen LogP) is 1.67. The van der Waals surface area contributed by atoms with Crippen LogP contribution in [0.5, 0.6) is 0 Å². The lowest BCUT2D eigenvalue weighted by Crippen LogP contribution is -2.40. The van der Waals surface area contributed by atoms with Crippen LogP contribution in [0, 0.1) is 20.8 Å². The number of aryl methyl sites for hydroxylation is 3. The van der Waals surface area contributed by atoms with Gasteiger partial charge in [-0.1, -0.05) is 0 Å². The highest BCUT2D eigenvalue weighted by Crippen LogP contribution is 2.23.